The van der Waals surface area contributed by atoms with Crippen molar-refractivity contribution >= 4 is 15.9 Å². The Balaban J connectivity index is 3.26. The van der Waals surface area contributed by atoms with Crippen LogP contribution in [0.1, 0.15) is 32.6 Å². The normalized spacial score (nSPS) is 12.5. The lowest BCUT2D eigenvalue weighted by Gasteiger charge is -1.84. The van der Waals surface area contributed by atoms with Crippen molar-refractivity contribution in [1.82, 2.24) is 0 Å². The molecule has 0 atom stereocenters. The molecule has 0 spiro atoms. The van der Waals surface area contributed by atoms with Crippen LogP contribution in [0.3, 0.4) is 0 Å². The largest absolute Gasteiger partial charge is 0.0925 e. The third-order valence-corrected chi connectivity index (χ3v) is 2.01. The van der Waals surface area contributed by atoms with Crippen LogP contribution >= 0.6 is 15.9 Å². The second-order valence-electron chi connectivity index (χ2n) is 2.77. The summed E-state index contributed by atoms with van der Waals surface area (Å²) in [5, 5.41) is 1.06. The third-order valence-electron chi connectivity index (χ3n) is 1.56. The van der Waals surface area contributed by atoms with E-state index in [1.54, 1.807) is 0 Å². The van der Waals surface area contributed by atoms with Crippen molar-refractivity contribution in [2.24, 2.45) is 0 Å². The zero-order valence-corrected chi connectivity index (χ0v) is 9.96. The van der Waals surface area contributed by atoms with Crippen LogP contribution in [0, 0.1) is 0 Å². The lowest BCUT2D eigenvalue weighted by molar-refractivity contribution is 1.19. The van der Waals surface area contributed by atoms with Gasteiger partial charge in [-0.25, -0.2) is 0 Å². The molecule has 0 rings (SSSR count). The van der Waals surface area contributed by atoms with E-state index in [1.807, 2.05) is 0 Å². The average Bonchev–Trinajstić information content (AvgIpc) is 2.16. The minimum absolute atomic E-state index is 1.06. The number of hydrogen-bond acceptors (Lipinski definition) is 0. The van der Waals surface area contributed by atoms with Gasteiger partial charge in [0, 0.05) is 5.33 Å². The molecule has 1 heteroatoms. The summed E-state index contributed by atoms with van der Waals surface area (Å²) in [6.45, 7) is 2.16. The number of rotatable bonds is 7. The Morgan fingerprint density at radius 1 is 0.846 bits per heavy atom. The van der Waals surface area contributed by atoms with Crippen LogP contribution in [-0.4, -0.2) is 5.33 Å². The third kappa shape index (κ3) is 11.7. The summed E-state index contributed by atoms with van der Waals surface area (Å²) in [7, 11) is 0. The fourth-order valence-electron chi connectivity index (χ4n) is 0.890. The molecular formula is C12H19Br. The van der Waals surface area contributed by atoms with Crippen molar-refractivity contribution in [2.75, 3.05) is 5.33 Å². The fourth-order valence-corrected chi connectivity index (χ4v) is 1.15. The molecule has 0 unspecified atom stereocenters. The lowest BCUT2D eigenvalue weighted by atomic mass is 10.2. The fraction of sp³-hybridized carbons (Fsp3) is 0.500. The number of hydrogen-bond donors (Lipinski definition) is 0. The zero-order valence-electron chi connectivity index (χ0n) is 8.38. The zero-order chi connectivity index (χ0) is 9.78. The molecule has 0 bridgehead atoms. The van der Waals surface area contributed by atoms with Gasteiger partial charge in [0.25, 0.3) is 0 Å². The first-order valence-corrected chi connectivity index (χ1v) is 6.05. The van der Waals surface area contributed by atoms with Crippen molar-refractivity contribution < 1.29 is 0 Å². The Morgan fingerprint density at radius 2 is 1.38 bits per heavy atom. The molecule has 0 fully saturated rings. The molecule has 0 radical (unpaired) electrons. The number of alkyl halides is 1. The highest BCUT2D eigenvalue weighted by molar-refractivity contribution is 9.09. The van der Waals surface area contributed by atoms with Crippen molar-refractivity contribution in [1.29, 1.82) is 0 Å². The van der Waals surface area contributed by atoms with Gasteiger partial charge in [0.2, 0.25) is 0 Å². The maximum atomic E-state index is 3.38. The van der Waals surface area contributed by atoms with Gasteiger partial charge >= 0.3 is 0 Å². The molecule has 0 amide bonds. The minimum atomic E-state index is 1.06. The maximum Gasteiger partial charge on any atom is 0.00659 e. The first-order chi connectivity index (χ1) is 6.41. The van der Waals surface area contributed by atoms with E-state index in [0.29, 0.717) is 0 Å². The highest BCUT2D eigenvalue weighted by atomic mass is 79.9. The van der Waals surface area contributed by atoms with Crippen LogP contribution < -0.4 is 0 Å². The van der Waals surface area contributed by atoms with Crippen molar-refractivity contribution in [3.8, 4) is 0 Å². The predicted molar refractivity (Wildman–Crippen MR) is 65.4 cm³/mol. The van der Waals surface area contributed by atoms with E-state index in [1.165, 1.54) is 0 Å². The van der Waals surface area contributed by atoms with Crippen molar-refractivity contribution in [2.45, 2.75) is 32.6 Å². The topological polar surface area (TPSA) is 0 Å². The Hall–Kier alpha value is -0.300. The standard InChI is InChI=1S/C12H19Br/c1-2-3-4-5-6-7-8-9-10-11-12-13/h3-4,6-7,9-10H,2,5,8,11-12H2,1H3/b4-3-,7-6-,10-9-. The van der Waals surface area contributed by atoms with Gasteiger partial charge < -0.3 is 0 Å². The van der Waals surface area contributed by atoms with Gasteiger partial charge in [-0.3, -0.25) is 0 Å². The number of allylic oxidation sites excluding steroid dienone is 6. The monoisotopic (exact) mass is 242 g/mol. The molecule has 0 aliphatic rings. The quantitative estimate of drug-likeness (QED) is 0.451. The molecule has 0 nitrogen and oxygen atoms in total. The molecule has 0 saturated carbocycles. The van der Waals surface area contributed by atoms with E-state index in [2.05, 4.69) is 59.3 Å². The highest BCUT2D eigenvalue weighted by Gasteiger charge is 1.74. The summed E-state index contributed by atoms with van der Waals surface area (Å²) >= 11 is 3.38. The van der Waals surface area contributed by atoms with E-state index >= 15 is 0 Å². The second-order valence-corrected chi connectivity index (χ2v) is 3.56. The van der Waals surface area contributed by atoms with E-state index in [0.717, 1.165) is 31.0 Å². The highest BCUT2D eigenvalue weighted by Crippen LogP contribution is 1.94. The minimum Gasteiger partial charge on any atom is -0.0925 e. The summed E-state index contributed by atoms with van der Waals surface area (Å²) in [6, 6.07) is 0. The Bertz CT molecular complexity index is 166. The van der Waals surface area contributed by atoms with Gasteiger partial charge in [-0.05, 0) is 25.7 Å². The molecular weight excluding hydrogens is 224 g/mol. The van der Waals surface area contributed by atoms with Gasteiger partial charge in [-0.2, -0.15) is 0 Å². The van der Waals surface area contributed by atoms with Crippen LogP contribution in [-0.2, 0) is 0 Å². The van der Waals surface area contributed by atoms with Crippen molar-refractivity contribution in [3.05, 3.63) is 36.5 Å². The molecule has 0 N–H and O–H groups in total. The molecule has 0 aliphatic carbocycles. The first-order valence-electron chi connectivity index (χ1n) is 4.92. The summed E-state index contributed by atoms with van der Waals surface area (Å²) in [4.78, 5) is 0. The van der Waals surface area contributed by atoms with Crippen LogP contribution in [0.25, 0.3) is 0 Å². The van der Waals surface area contributed by atoms with Crippen LogP contribution in [0.5, 0.6) is 0 Å². The van der Waals surface area contributed by atoms with Crippen molar-refractivity contribution in [3.63, 3.8) is 0 Å². The molecule has 0 saturated heterocycles. The van der Waals surface area contributed by atoms with Crippen LogP contribution in [0.4, 0.5) is 0 Å². The Labute approximate surface area is 90.6 Å². The lowest BCUT2D eigenvalue weighted by Crippen LogP contribution is -1.65. The van der Waals surface area contributed by atoms with Gasteiger partial charge in [-0.1, -0.05) is 59.3 Å². The molecule has 13 heavy (non-hydrogen) atoms. The first kappa shape index (κ1) is 12.7. The summed E-state index contributed by atoms with van der Waals surface area (Å²) in [6.07, 6.45) is 17.6. The van der Waals surface area contributed by atoms with E-state index < -0.39 is 0 Å². The molecule has 0 heterocycles. The van der Waals surface area contributed by atoms with Crippen LogP contribution in [0.15, 0.2) is 36.5 Å². The molecule has 0 aromatic carbocycles. The van der Waals surface area contributed by atoms with Gasteiger partial charge in [0.15, 0.2) is 0 Å². The SMILES string of the molecule is CC/C=C\C/C=C\C/C=C\CCBr. The number of halogens is 1. The second kappa shape index (κ2) is 11.7. The molecule has 0 aliphatic heterocycles. The van der Waals surface area contributed by atoms with E-state index in [9.17, 15) is 0 Å². The van der Waals surface area contributed by atoms with Gasteiger partial charge in [0.05, 0.1) is 0 Å². The smallest absolute Gasteiger partial charge is 0.00659 e. The Kier molecular flexibility index (Phi) is 11.4. The van der Waals surface area contributed by atoms with E-state index in [-0.39, 0.29) is 0 Å². The average molecular weight is 243 g/mol. The summed E-state index contributed by atoms with van der Waals surface area (Å²) in [5.41, 5.74) is 0. The van der Waals surface area contributed by atoms with Crippen LogP contribution in [0.2, 0.25) is 0 Å². The van der Waals surface area contributed by atoms with Gasteiger partial charge in [-0.15, -0.1) is 0 Å². The summed E-state index contributed by atoms with van der Waals surface area (Å²) < 4.78 is 0. The van der Waals surface area contributed by atoms with E-state index in [4.69, 9.17) is 0 Å². The molecule has 0 aromatic rings. The summed E-state index contributed by atoms with van der Waals surface area (Å²) in [5.74, 6) is 0. The van der Waals surface area contributed by atoms with Gasteiger partial charge in [0.1, 0.15) is 0 Å². The maximum absolute atomic E-state index is 3.38. The molecule has 0 aromatic heterocycles. The Morgan fingerprint density at radius 3 is 1.92 bits per heavy atom. The molecule has 74 valence electrons. The predicted octanol–water partition coefficient (Wildman–Crippen LogP) is 4.63.